The van der Waals surface area contributed by atoms with Crippen molar-refractivity contribution in [2.75, 3.05) is 6.54 Å². The van der Waals surface area contributed by atoms with Gasteiger partial charge in [-0.15, -0.1) is 0 Å². The number of nitrogens with one attached hydrogen (secondary N) is 1. The fraction of sp³-hybridized carbons (Fsp3) is 0.333. The van der Waals surface area contributed by atoms with Crippen LogP contribution in [0.15, 0.2) is 22.7 Å². The van der Waals surface area contributed by atoms with E-state index in [1.807, 2.05) is 0 Å². The maximum Gasteiger partial charge on any atom is 0.306 e. The van der Waals surface area contributed by atoms with E-state index >= 15 is 0 Å². The third-order valence-corrected chi connectivity index (χ3v) is 3.16. The summed E-state index contributed by atoms with van der Waals surface area (Å²) >= 11 is 9.11. The zero-order valence-electron chi connectivity index (χ0n) is 10.1. The Bertz CT molecular complexity index is 505. The third-order valence-electron chi connectivity index (χ3n) is 2.33. The highest BCUT2D eigenvalue weighted by molar-refractivity contribution is 9.10. The van der Waals surface area contributed by atoms with Crippen molar-refractivity contribution in [1.29, 1.82) is 0 Å². The molecule has 104 valence electrons. The first-order valence-corrected chi connectivity index (χ1v) is 6.56. The Morgan fingerprint density at radius 3 is 2.68 bits per heavy atom. The molecule has 0 aliphatic carbocycles. The molecule has 1 rings (SSSR count). The summed E-state index contributed by atoms with van der Waals surface area (Å²) < 4.78 is 0.694. The van der Waals surface area contributed by atoms with Crippen LogP contribution in [-0.2, 0) is 4.79 Å². The molecule has 0 aromatic heterocycles. The standard InChI is InChI=1S/C12H13BrClNO4/c1-12(19,5-10(16)17)6-15-11(18)8-4-7(13)2-3-9(8)14/h2-4,19H,5-6H2,1H3,(H,15,18)(H,16,17). The second-order valence-corrected chi connectivity index (χ2v) is 5.70. The zero-order valence-corrected chi connectivity index (χ0v) is 12.5. The summed E-state index contributed by atoms with van der Waals surface area (Å²) in [4.78, 5) is 22.4. The minimum Gasteiger partial charge on any atom is -0.481 e. The zero-order chi connectivity index (χ0) is 14.6. The molecular weight excluding hydrogens is 337 g/mol. The summed E-state index contributed by atoms with van der Waals surface area (Å²) in [5.41, 5.74) is -1.26. The van der Waals surface area contributed by atoms with Crippen molar-refractivity contribution in [2.24, 2.45) is 0 Å². The number of halogens is 2. The molecule has 7 heteroatoms. The van der Waals surface area contributed by atoms with Crippen LogP contribution in [0.25, 0.3) is 0 Å². The lowest BCUT2D eigenvalue weighted by Crippen LogP contribution is -2.42. The number of hydrogen-bond acceptors (Lipinski definition) is 3. The predicted molar refractivity (Wildman–Crippen MR) is 74.4 cm³/mol. The second-order valence-electron chi connectivity index (χ2n) is 4.37. The van der Waals surface area contributed by atoms with E-state index in [2.05, 4.69) is 21.2 Å². The molecule has 0 heterocycles. The van der Waals surface area contributed by atoms with Crippen molar-refractivity contribution in [2.45, 2.75) is 18.9 Å². The van der Waals surface area contributed by atoms with E-state index in [-0.39, 0.29) is 17.1 Å². The summed E-state index contributed by atoms with van der Waals surface area (Å²) in [6.07, 6.45) is -0.459. The van der Waals surface area contributed by atoms with Gasteiger partial charge in [-0.05, 0) is 25.1 Å². The molecule has 1 aromatic rings. The SMILES string of the molecule is CC(O)(CNC(=O)c1cc(Br)ccc1Cl)CC(=O)O. The summed E-state index contributed by atoms with van der Waals surface area (Å²) in [6, 6.07) is 4.80. The number of aliphatic carboxylic acids is 1. The Morgan fingerprint density at radius 2 is 2.11 bits per heavy atom. The minimum absolute atomic E-state index is 0.180. The number of carbonyl (C=O) groups is 2. The highest BCUT2D eigenvalue weighted by atomic mass is 79.9. The molecule has 0 radical (unpaired) electrons. The Morgan fingerprint density at radius 1 is 1.47 bits per heavy atom. The van der Waals surface area contributed by atoms with Crippen molar-refractivity contribution in [3.63, 3.8) is 0 Å². The first-order chi connectivity index (χ1) is 8.71. The van der Waals surface area contributed by atoms with Gasteiger partial charge in [0.2, 0.25) is 0 Å². The highest BCUT2D eigenvalue weighted by Crippen LogP contribution is 2.21. The van der Waals surface area contributed by atoms with Crippen LogP contribution < -0.4 is 5.32 Å². The van der Waals surface area contributed by atoms with Gasteiger partial charge < -0.3 is 15.5 Å². The molecule has 1 amide bonds. The molecule has 1 aromatic carbocycles. The average molecular weight is 351 g/mol. The number of amides is 1. The summed E-state index contributed by atoms with van der Waals surface area (Å²) in [6.45, 7) is 1.16. The van der Waals surface area contributed by atoms with E-state index in [9.17, 15) is 14.7 Å². The highest BCUT2D eigenvalue weighted by Gasteiger charge is 2.25. The number of rotatable bonds is 5. The van der Waals surface area contributed by atoms with Crippen LogP contribution in [0.4, 0.5) is 0 Å². The molecule has 1 atom stereocenters. The molecule has 0 saturated carbocycles. The molecule has 0 aliphatic heterocycles. The molecule has 0 fully saturated rings. The van der Waals surface area contributed by atoms with Gasteiger partial charge in [0.15, 0.2) is 0 Å². The van der Waals surface area contributed by atoms with E-state index in [4.69, 9.17) is 16.7 Å². The van der Waals surface area contributed by atoms with Crippen LogP contribution in [0.3, 0.4) is 0 Å². The van der Waals surface area contributed by atoms with Crippen LogP contribution in [0.5, 0.6) is 0 Å². The maximum atomic E-state index is 11.9. The van der Waals surface area contributed by atoms with Crippen molar-refractivity contribution in [3.05, 3.63) is 33.3 Å². The van der Waals surface area contributed by atoms with Gasteiger partial charge in [-0.1, -0.05) is 27.5 Å². The van der Waals surface area contributed by atoms with Gasteiger partial charge in [0.05, 0.1) is 22.6 Å². The topological polar surface area (TPSA) is 86.6 Å². The Balaban J connectivity index is 2.70. The predicted octanol–water partition coefficient (Wildman–Crippen LogP) is 2.06. The molecule has 3 N–H and O–H groups in total. The number of carboxylic acids is 1. The largest absolute Gasteiger partial charge is 0.481 e. The fourth-order valence-electron chi connectivity index (χ4n) is 1.43. The summed E-state index contributed by atoms with van der Waals surface area (Å²) in [5.74, 6) is -1.61. The maximum absolute atomic E-state index is 11.9. The van der Waals surface area contributed by atoms with E-state index < -0.39 is 23.9 Å². The minimum atomic E-state index is -1.51. The van der Waals surface area contributed by atoms with Gasteiger partial charge in [0, 0.05) is 11.0 Å². The first-order valence-electron chi connectivity index (χ1n) is 5.39. The second kappa shape index (κ2) is 6.36. The van der Waals surface area contributed by atoms with Gasteiger partial charge in [0.1, 0.15) is 0 Å². The van der Waals surface area contributed by atoms with Crippen molar-refractivity contribution in [1.82, 2.24) is 5.32 Å². The first kappa shape index (κ1) is 15.9. The third kappa shape index (κ3) is 5.18. The van der Waals surface area contributed by atoms with Crippen LogP contribution in [0, 0.1) is 0 Å². The number of hydrogen-bond donors (Lipinski definition) is 3. The number of aliphatic hydroxyl groups is 1. The molecule has 19 heavy (non-hydrogen) atoms. The monoisotopic (exact) mass is 349 g/mol. The lowest BCUT2D eigenvalue weighted by atomic mass is 10.0. The fourth-order valence-corrected chi connectivity index (χ4v) is 1.99. The van der Waals surface area contributed by atoms with E-state index in [1.54, 1.807) is 18.2 Å². The van der Waals surface area contributed by atoms with Gasteiger partial charge in [-0.2, -0.15) is 0 Å². The van der Waals surface area contributed by atoms with Crippen LogP contribution in [-0.4, -0.2) is 34.2 Å². The summed E-state index contributed by atoms with van der Waals surface area (Å²) in [5, 5.41) is 21.1. The molecule has 0 saturated heterocycles. The molecule has 0 spiro atoms. The molecule has 1 unspecified atom stereocenters. The molecule has 0 bridgehead atoms. The Labute approximate surface area is 123 Å². The van der Waals surface area contributed by atoms with E-state index in [0.29, 0.717) is 4.47 Å². The molecular formula is C12H13BrClNO4. The van der Waals surface area contributed by atoms with Crippen LogP contribution >= 0.6 is 27.5 Å². The number of carboxylic acid groups (broad SMARTS) is 1. The normalized spacial score (nSPS) is 13.7. The van der Waals surface area contributed by atoms with Crippen molar-refractivity contribution in [3.8, 4) is 0 Å². The smallest absolute Gasteiger partial charge is 0.306 e. The van der Waals surface area contributed by atoms with Gasteiger partial charge in [-0.25, -0.2) is 0 Å². The van der Waals surface area contributed by atoms with Crippen molar-refractivity contribution < 1.29 is 19.8 Å². The average Bonchev–Trinajstić information content (AvgIpc) is 2.27. The van der Waals surface area contributed by atoms with Gasteiger partial charge in [0.25, 0.3) is 5.91 Å². The lowest BCUT2D eigenvalue weighted by molar-refractivity contribution is -0.141. The van der Waals surface area contributed by atoms with Gasteiger partial charge >= 0.3 is 5.97 Å². The molecule has 0 aliphatic rings. The lowest BCUT2D eigenvalue weighted by Gasteiger charge is -2.21. The van der Waals surface area contributed by atoms with Crippen LogP contribution in [0.2, 0.25) is 5.02 Å². The number of carbonyl (C=O) groups excluding carboxylic acids is 1. The van der Waals surface area contributed by atoms with Crippen molar-refractivity contribution >= 4 is 39.4 Å². The van der Waals surface area contributed by atoms with Gasteiger partial charge in [-0.3, -0.25) is 9.59 Å². The van der Waals surface area contributed by atoms with E-state index in [1.165, 1.54) is 6.92 Å². The molecule has 5 nitrogen and oxygen atoms in total. The quantitative estimate of drug-likeness (QED) is 0.758. The number of benzene rings is 1. The van der Waals surface area contributed by atoms with Crippen LogP contribution in [0.1, 0.15) is 23.7 Å². The van der Waals surface area contributed by atoms with E-state index in [0.717, 1.165) is 0 Å². The summed E-state index contributed by atoms with van der Waals surface area (Å²) in [7, 11) is 0. The Kier molecular flexibility index (Phi) is 5.34. The Hall–Kier alpha value is -1.11.